The predicted octanol–water partition coefficient (Wildman–Crippen LogP) is 2.97. The fourth-order valence-electron chi connectivity index (χ4n) is 1.04. The molecule has 0 aliphatic rings. The van der Waals surface area contributed by atoms with Crippen LogP contribution in [0.3, 0.4) is 0 Å². The average molecular weight is 307 g/mol. The van der Waals surface area contributed by atoms with Gasteiger partial charge < -0.3 is 10.4 Å². The van der Waals surface area contributed by atoms with Crippen molar-refractivity contribution >= 4 is 28.2 Å². The van der Waals surface area contributed by atoms with E-state index in [0.29, 0.717) is 5.38 Å². The van der Waals surface area contributed by atoms with Crippen LogP contribution < -0.4 is 5.32 Å². The van der Waals surface area contributed by atoms with Crippen molar-refractivity contribution in [2.75, 3.05) is 5.32 Å². The van der Waals surface area contributed by atoms with Crippen molar-refractivity contribution < 1.29 is 41.0 Å². The molecule has 1 heterocycles. The molecule has 0 fully saturated rings. The van der Waals surface area contributed by atoms with Gasteiger partial charge in [-0.3, -0.25) is 4.79 Å². The molecule has 0 saturated heterocycles. The Labute approximate surface area is 104 Å². The summed E-state index contributed by atoms with van der Waals surface area (Å²) in [5.41, 5.74) is -3.04. The van der Waals surface area contributed by atoms with Crippen molar-refractivity contribution in [3.63, 3.8) is 0 Å². The number of hydrogen-bond donors (Lipinski definition) is 2. The van der Waals surface area contributed by atoms with Crippen LogP contribution >= 0.6 is 11.3 Å². The van der Waals surface area contributed by atoms with Crippen molar-refractivity contribution in [1.29, 1.82) is 0 Å². The molecule has 1 aromatic heterocycles. The van der Waals surface area contributed by atoms with Gasteiger partial charge in [0.05, 0.1) is 5.56 Å². The number of carbonyl (C=O) groups is 2. The summed E-state index contributed by atoms with van der Waals surface area (Å²) in [6.45, 7) is 0. The first-order valence-electron chi connectivity index (χ1n) is 4.24. The molecule has 0 radical (unpaired) electrons. The molecule has 0 aliphatic heterocycles. The topological polar surface area (TPSA) is 66.4 Å². The van der Waals surface area contributed by atoms with Crippen molar-refractivity contribution in [3.8, 4) is 0 Å². The summed E-state index contributed by atoms with van der Waals surface area (Å²) in [6.07, 6.45) is -10.4. The number of amides is 1. The second kappa shape index (κ2) is 4.72. The van der Waals surface area contributed by atoms with Gasteiger partial charge in [-0.05, 0) is 0 Å². The van der Waals surface area contributed by atoms with Gasteiger partial charge in [0.2, 0.25) is 0 Å². The number of carbonyl (C=O) groups excluding carboxylic acids is 1. The fourth-order valence-corrected chi connectivity index (χ4v) is 2.00. The molecule has 4 nitrogen and oxygen atoms in total. The standard InChI is InChI=1S/C8H3F6NO3S/c9-7(10,11)2-1-19-4(3(2)5(16)17)15-6(18)8(12,13)14/h1H,(H,15,18)(H,16,17). The number of anilines is 1. The first kappa shape index (κ1) is 15.3. The number of carboxylic acids is 1. The van der Waals surface area contributed by atoms with Gasteiger partial charge in [0, 0.05) is 5.38 Å². The predicted molar refractivity (Wildman–Crippen MR) is 51.0 cm³/mol. The molecule has 106 valence electrons. The molecule has 11 heteroatoms. The van der Waals surface area contributed by atoms with E-state index in [4.69, 9.17) is 5.11 Å². The first-order valence-corrected chi connectivity index (χ1v) is 5.12. The third-order valence-corrected chi connectivity index (χ3v) is 2.69. The molecule has 0 spiro atoms. The van der Waals surface area contributed by atoms with Crippen molar-refractivity contribution in [1.82, 2.24) is 0 Å². The van der Waals surface area contributed by atoms with E-state index in [1.807, 2.05) is 0 Å². The van der Waals surface area contributed by atoms with Gasteiger partial charge in [-0.1, -0.05) is 0 Å². The van der Waals surface area contributed by atoms with Crippen molar-refractivity contribution in [3.05, 3.63) is 16.5 Å². The SMILES string of the molecule is O=C(O)c1c(C(F)(F)F)csc1NC(=O)C(F)(F)F. The lowest BCUT2D eigenvalue weighted by molar-refractivity contribution is -0.167. The van der Waals surface area contributed by atoms with E-state index < -0.39 is 40.4 Å². The average Bonchev–Trinajstić information content (AvgIpc) is 2.59. The Morgan fingerprint density at radius 1 is 1.16 bits per heavy atom. The van der Waals surface area contributed by atoms with E-state index in [1.165, 1.54) is 0 Å². The van der Waals surface area contributed by atoms with Crippen LogP contribution in [0.5, 0.6) is 0 Å². The smallest absolute Gasteiger partial charge is 0.471 e. The normalized spacial score (nSPS) is 12.3. The lowest BCUT2D eigenvalue weighted by Crippen LogP contribution is -2.30. The van der Waals surface area contributed by atoms with Crippen LogP contribution in [0, 0.1) is 0 Å². The molecule has 0 aliphatic carbocycles. The van der Waals surface area contributed by atoms with Gasteiger partial charge >= 0.3 is 24.2 Å². The van der Waals surface area contributed by atoms with Gasteiger partial charge in [0.25, 0.3) is 0 Å². The highest BCUT2D eigenvalue weighted by Crippen LogP contribution is 2.39. The Morgan fingerprint density at radius 2 is 1.68 bits per heavy atom. The third kappa shape index (κ3) is 3.36. The molecular formula is C8H3F6NO3S. The molecule has 19 heavy (non-hydrogen) atoms. The monoisotopic (exact) mass is 307 g/mol. The Kier molecular flexibility index (Phi) is 3.79. The lowest BCUT2D eigenvalue weighted by Gasteiger charge is -2.09. The van der Waals surface area contributed by atoms with E-state index in [2.05, 4.69) is 0 Å². The number of rotatable bonds is 2. The number of thiophene rings is 1. The van der Waals surface area contributed by atoms with Crippen molar-refractivity contribution in [2.45, 2.75) is 12.4 Å². The largest absolute Gasteiger partial charge is 0.478 e. The third-order valence-electron chi connectivity index (χ3n) is 1.79. The summed E-state index contributed by atoms with van der Waals surface area (Å²) in [6, 6.07) is 0. The van der Waals surface area contributed by atoms with Crippen LogP contribution in [0.25, 0.3) is 0 Å². The van der Waals surface area contributed by atoms with Crippen LogP contribution in [0.2, 0.25) is 0 Å². The van der Waals surface area contributed by atoms with Crippen LogP contribution in [-0.2, 0) is 11.0 Å². The highest BCUT2D eigenvalue weighted by Gasteiger charge is 2.42. The van der Waals surface area contributed by atoms with Gasteiger partial charge in [-0.15, -0.1) is 11.3 Å². The van der Waals surface area contributed by atoms with Crippen LogP contribution in [-0.4, -0.2) is 23.2 Å². The number of nitrogens with one attached hydrogen (secondary N) is 1. The number of halogens is 6. The summed E-state index contributed by atoms with van der Waals surface area (Å²) in [7, 11) is 0. The minimum atomic E-state index is -5.34. The summed E-state index contributed by atoms with van der Waals surface area (Å²) in [4.78, 5) is 21.2. The van der Waals surface area contributed by atoms with Crippen LogP contribution in [0.15, 0.2) is 5.38 Å². The fraction of sp³-hybridized carbons (Fsp3) is 0.250. The van der Waals surface area contributed by atoms with Gasteiger partial charge in [0.15, 0.2) is 0 Å². The van der Waals surface area contributed by atoms with E-state index in [0.717, 1.165) is 5.32 Å². The number of aromatic carboxylic acids is 1. The summed E-state index contributed by atoms with van der Waals surface area (Å²) in [5.74, 6) is -4.64. The molecular weight excluding hydrogens is 304 g/mol. The van der Waals surface area contributed by atoms with E-state index in [1.54, 1.807) is 0 Å². The highest BCUT2D eigenvalue weighted by molar-refractivity contribution is 7.15. The maximum Gasteiger partial charge on any atom is 0.471 e. The minimum absolute atomic E-state index is 0.0430. The highest BCUT2D eigenvalue weighted by atomic mass is 32.1. The molecule has 0 aromatic carbocycles. The Morgan fingerprint density at radius 3 is 2.05 bits per heavy atom. The molecule has 0 saturated carbocycles. The molecule has 1 aromatic rings. The maximum atomic E-state index is 12.4. The zero-order chi connectivity index (χ0) is 15.0. The molecule has 1 amide bonds. The maximum absolute atomic E-state index is 12.4. The minimum Gasteiger partial charge on any atom is -0.478 e. The first-order chi connectivity index (χ1) is 8.44. The van der Waals surface area contributed by atoms with E-state index in [-0.39, 0.29) is 11.3 Å². The molecule has 2 N–H and O–H groups in total. The van der Waals surface area contributed by atoms with Gasteiger partial charge in [0.1, 0.15) is 10.6 Å². The Bertz CT molecular complexity index is 518. The lowest BCUT2D eigenvalue weighted by atomic mass is 10.2. The zero-order valence-corrected chi connectivity index (χ0v) is 9.33. The number of alkyl halides is 6. The van der Waals surface area contributed by atoms with Gasteiger partial charge in [-0.25, -0.2) is 4.79 Å². The second-order valence-electron chi connectivity index (χ2n) is 3.11. The second-order valence-corrected chi connectivity index (χ2v) is 3.99. The molecule has 0 bridgehead atoms. The molecule has 0 atom stereocenters. The Balaban J connectivity index is 3.21. The Hall–Kier alpha value is -1.78. The summed E-state index contributed by atoms with van der Waals surface area (Å²) in [5, 5.41) is 8.98. The summed E-state index contributed by atoms with van der Waals surface area (Å²) < 4.78 is 73.0. The zero-order valence-electron chi connectivity index (χ0n) is 8.52. The van der Waals surface area contributed by atoms with Gasteiger partial charge in [-0.2, -0.15) is 26.3 Å². The molecule has 0 unspecified atom stereocenters. The van der Waals surface area contributed by atoms with Crippen LogP contribution in [0.1, 0.15) is 15.9 Å². The number of carboxylic acid groups (broad SMARTS) is 1. The molecule has 1 rings (SSSR count). The van der Waals surface area contributed by atoms with Crippen LogP contribution in [0.4, 0.5) is 31.3 Å². The van der Waals surface area contributed by atoms with Crippen molar-refractivity contribution in [2.24, 2.45) is 0 Å². The quantitative estimate of drug-likeness (QED) is 0.826. The number of hydrogen-bond acceptors (Lipinski definition) is 3. The van der Waals surface area contributed by atoms with E-state index >= 15 is 0 Å². The van der Waals surface area contributed by atoms with E-state index in [9.17, 15) is 35.9 Å². The summed E-state index contributed by atoms with van der Waals surface area (Å²) >= 11 is 0.0430.